The lowest BCUT2D eigenvalue weighted by Crippen LogP contribution is -2.29. The minimum atomic E-state index is -0.827. The smallest absolute Gasteiger partial charge is 0.314 e. The largest absolute Gasteiger partial charge is 0.316 e. The predicted octanol–water partition coefficient (Wildman–Crippen LogP) is 1.26. The molecule has 0 fully saturated rings. The molecular formula is C14H18N4O4. The molecule has 118 valence electrons. The Morgan fingerprint density at radius 1 is 1.23 bits per heavy atom. The number of hydrogen-bond donors (Lipinski definition) is 3. The van der Waals surface area contributed by atoms with Gasteiger partial charge in [-0.1, -0.05) is 13.8 Å². The van der Waals surface area contributed by atoms with Gasteiger partial charge in [-0.15, -0.1) is 0 Å². The molecule has 0 saturated heterocycles. The highest BCUT2D eigenvalue weighted by molar-refractivity contribution is 5.80. The summed E-state index contributed by atoms with van der Waals surface area (Å²) in [5, 5.41) is 14.2. The SMILES string of the molecule is CC(C)CCNCc1cc([N+](=O)[O-])cc2[nH]c(=O)c(=O)[nH]c12. The zero-order valence-electron chi connectivity index (χ0n) is 12.4. The molecule has 0 amide bonds. The molecule has 0 radical (unpaired) electrons. The zero-order chi connectivity index (χ0) is 16.3. The van der Waals surface area contributed by atoms with Gasteiger partial charge in [0.05, 0.1) is 16.0 Å². The number of nitrogens with one attached hydrogen (secondary N) is 3. The van der Waals surface area contributed by atoms with Gasteiger partial charge in [0.15, 0.2) is 0 Å². The quantitative estimate of drug-likeness (QED) is 0.321. The average molecular weight is 306 g/mol. The third-order valence-electron chi connectivity index (χ3n) is 3.32. The molecule has 0 aliphatic rings. The molecule has 8 nitrogen and oxygen atoms in total. The third kappa shape index (κ3) is 3.59. The normalized spacial score (nSPS) is 11.2. The molecule has 0 bridgehead atoms. The Labute approximate surface area is 125 Å². The van der Waals surface area contributed by atoms with Crippen LogP contribution >= 0.6 is 0 Å². The van der Waals surface area contributed by atoms with Crippen molar-refractivity contribution in [2.24, 2.45) is 5.92 Å². The van der Waals surface area contributed by atoms with E-state index in [1.54, 1.807) is 0 Å². The van der Waals surface area contributed by atoms with Crippen LogP contribution in [-0.4, -0.2) is 21.4 Å². The van der Waals surface area contributed by atoms with Gasteiger partial charge in [0.25, 0.3) is 5.69 Å². The van der Waals surface area contributed by atoms with Crippen molar-refractivity contribution in [1.29, 1.82) is 0 Å². The monoisotopic (exact) mass is 306 g/mol. The number of aromatic amines is 2. The number of fused-ring (bicyclic) bond motifs is 1. The van der Waals surface area contributed by atoms with Crippen LogP contribution < -0.4 is 16.4 Å². The lowest BCUT2D eigenvalue weighted by molar-refractivity contribution is -0.384. The lowest BCUT2D eigenvalue weighted by Gasteiger charge is -2.09. The molecule has 0 unspecified atom stereocenters. The summed E-state index contributed by atoms with van der Waals surface area (Å²) in [6, 6.07) is 2.64. The fourth-order valence-electron chi connectivity index (χ4n) is 2.14. The molecule has 0 aliphatic carbocycles. The first-order valence-electron chi connectivity index (χ1n) is 7.03. The molecule has 0 atom stereocenters. The summed E-state index contributed by atoms with van der Waals surface area (Å²) in [5.41, 5.74) is -0.500. The van der Waals surface area contributed by atoms with E-state index in [-0.39, 0.29) is 11.2 Å². The third-order valence-corrected chi connectivity index (χ3v) is 3.32. The van der Waals surface area contributed by atoms with Crippen LogP contribution in [0.2, 0.25) is 0 Å². The van der Waals surface area contributed by atoms with Crippen LogP contribution in [0.4, 0.5) is 5.69 Å². The molecule has 0 saturated carbocycles. The average Bonchev–Trinajstić information content (AvgIpc) is 2.44. The van der Waals surface area contributed by atoms with E-state index < -0.39 is 16.0 Å². The standard InChI is InChI=1S/C14H18N4O4/c1-8(2)3-4-15-7-9-5-10(18(21)22)6-11-12(9)17-14(20)13(19)16-11/h5-6,8,15H,3-4,7H2,1-2H3,(H,16,19)(H,17,20). The van der Waals surface area contributed by atoms with E-state index in [1.165, 1.54) is 12.1 Å². The minimum absolute atomic E-state index is 0.129. The Hall–Kier alpha value is -2.48. The maximum atomic E-state index is 11.5. The first-order chi connectivity index (χ1) is 10.4. The van der Waals surface area contributed by atoms with Gasteiger partial charge in [-0.2, -0.15) is 0 Å². The number of nitro groups is 1. The summed E-state index contributed by atoms with van der Waals surface area (Å²) >= 11 is 0. The van der Waals surface area contributed by atoms with Crippen LogP contribution in [0.3, 0.4) is 0 Å². The van der Waals surface area contributed by atoms with Crippen molar-refractivity contribution in [2.45, 2.75) is 26.8 Å². The molecule has 22 heavy (non-hydrogen) atoms. The number of rotatable bonds is 6. The second-order valence-corrected chi connectivity index (χ2v) is 5.55. The van der Waals surface area contributed by atoms with Gasteiger partial charge in [-0.25, -0.2) is 0 Å². The fourth-order valence-corrected chi connectivity index (χ4v) is 2.14. The number of H-pyrrole nitrogens is 2. The Morgan fingerprint density at radius 2 is 1.91 bits per heavy atom. The summed E-state index contributed by atoms with van der Waals surface area (Å²) in [5.74, 6) is 0.547. The second-order valence-electron chi connectivity index (χ2n) is 5.55. The summed E-state index contributed by atoms with van der Waals surface area (Å²) in [4.78, 5) is 38.2. The predicted molar refractivity (Wildman–Crippen MR) is 83.0 cm³/mol. The summed E-state index contributed by atoms with van der Waals surface area (Å²) in [6.45, 7) is 5.33. The number of hydrogen-bond acceptors (Lipinski definition) is 5. The molecule has 8 heteroatoms. The van der Waals surface area contributed by atoms with Gasteiger partial charge >= 0.3 is 11.1 Å². The van der Waals surface area contributed by atoms with E-state index in [0.29, 0.717) is 23.5 Å². The van der Waals surface area contributed by atoms with Crippen LogP contribution in [0.25, 0.3) is 11.0 Å². The summed E-state index contributed by atoms with van der Waals surface area (Å²) in [6.07, 6.45) is 0.972. The van der Waals surface area contributed by atoms with Crippen molar-refractivity contribution in [3.63, 3.8) is 0 Å². The lowest BCUT2D eigenvalue weighted by atomic mass is 10.1. The Balaban J connectivity index is 2.41. The highest BCUT2D eigenvalue weighted by atomic mass is 16.6. The fraction of sp³-hybridized carbons (Fsp3) is 0.429. The molecule has 0 spiro atoms. The highest BCUT2D eigenvalue weighted by Gasteiger charge is 2.13. The topological polar surface area (TPSA) is 121 Å². The van der Waals surface area contributed by atoms with E-state index in [9.17, 15) is 19.7 Å². The van der Waals surface area contributed by atoms with Crippen LogP contribution in [0.5, 0.6) is 0 Å². The van der Waals surface area contributed by atoms with Crippen molar-refractivity contribution in [1.82, 2.24) is 15.3 Å². The van der Waals surface area contributed by atoms with Crippen LogP contribution in [0, 0.1) is 16.0 Å². The zero-order valence-corrected chi connectivity index (χ0v) is 12.4. The first kappa shape index (κ1) is 15.9. The van der Waals surface area contributed by atoms with Gasteiger partial charge in [0.2, 0.25) is 0 Å². The molecular weight excluding hydrogens is 288 g/mol. The molecule has 0 aliphatic heterocycles. The second kappa shape index (κ2) is 6.52. The molecule has 2 rings (SSSR count). The minimum Gasteiger partial charge on any atom is -0.316 e. The van der Waals surface area contributed by atoms with Gasteiger partial charge in [-0.05, 0) is 24.4 Å². The van der Waals surface area contributed by atoms with Crippen LogP contribution in [0.15, 0.2) is 21.7 Å². The number of nitrogens with zero attached hydrogens (tertiary/aromatic N) is 1. The maximum absolute atomic E-state index is 11.5. The number of aromatic nitrogens is 2. The van der Waals surface area contributed by atoms with Gasteiger partial charge < -0.3 is 15.3 Å². The van der Waals surface area contributed by atoms with Gasteiger partial charge in [0.1, 0.15) is 0 Å². The van der Waals surface area contributed by atoms with Crippen molar-refractivity contribution in [3.05, 3.63) is 48.5 Å². The van der Waals surface area contributed by atoms with Crippen molar-refractivity contribution >= 4 is 16.7 Å². The number of nitro benzene ring substituents is 1. The van der Waals surface area contributed by atoms with Crippen LogP contribution in [0.1, 0.15) is 25.8 Å². The van der Waals surface area contributed by atoms with E-state index in [0.717, 1.165) is 13.0 Å². The maximum Gasteiger partial charge on any atom is 0.314 e. The van der Waals surface area contributed by atoms with Crippen molar-refractivity contribution < 1.29 is 4.92 Å². The van der Waals surface area contributed by atoms with Crippen molar-refractivity contribution in [2.75, 3.05) is 6.54 Å². The summed E-state index contributed by atoms with van der Waals surface area (Å²) < 4.78 is 0. The molecule has 2 aromatic rings. The van der Waals surface area contributed by atoms with E-state index in [4.69, 9.17) is 0 Å². The van der Waals surface area contributed by atoms with Crippen molar-refractivity contribution in [3.8, 4) is 0 Å². The van der Waals surface area contributed by atoms with Gasteiger partial charge in [0, 0.05) is 18.7 Å². The Bertz CT molecular complexity index is 807. The number of non-ortho nitro benzene ring substituents is 1. The van der Waals surface area contributed by atoms with Gasteiger partial charge in [-0.3, -0.25) is 19.7 Å². The molecule has 3 N–H and O–H groups in total. The van der Waals surface area contributed by atoms with Crippen LogP contribution in [-0.2, 0) is 6.54 Å². The van der Waals surface area contributed by atoms with E-state index in [1.807, 2.05) is 0 Å². The molecule has 1 aromatic heterocycles. The number of benzene rings is 1. The summed E-state index contributed by atoms with van der Waals surface area (Å²) in [7, 11) is 0. The Kier molecular flexibility index (Phi) is 4.71. The highest BCUT2D eigenvalue weighted by Crippen LogP contribution is 2.21. The first-order valence-corrected chi connectivity index (χ1v) is 7.03. The van der Waals surface area contributed by atoms with E-state index in [2.05, 4.69) is 29.1 Å². The molecule has 1 aromatic carbocycles. The van der Waals surface area contributed by atoms with E-state index >= 15 is 0 Å². The molecule has 1 heterocycles. The Morgan fingerprint density at radius 3 is 2.55 bits per heavy atom.